The number of amides is 1. The molecular weight excluding hydrogens is 223 g/mol. The maximum atomic E-state index is 12.8. The van der Waals surface area contributed by atoms with Crippen LogP contribution in [0.5, 0.6) is 0 Å². The largest absolute Gasteiger partial charge is 0.367 e. The summed E-state index contributed by atoms with van der Waals surface area (Å²) in [5.41, 5.74) is 0.430. The number of rotatable bonds is 6. The van der Waals surface area contributed by atoms with Gasteiger partial charge in [-0.05, 0) is 32.2 Å². The Kier molecular flexibility index (Phi) is 5.59. The molecule has 1 atom stereocenters. The van der Waals surface area contributed by atoms with Gasteiger partial charge in [-0.3, -0.25) is 4.79 Å². The number of hydrogen-bond acceptors (Lipinski definition) is 3. The number of benzene rings is 1. The van der Waals surface area contributed by atoms with E-state index in [0.717, 1.165) is 0 Å². The van der Waals surface area contributed by atoms with E-state index >= 15 is 0 Å². The monoisotopic (exact) mass is 240 g/mol. The second-order valence-corrected chi connectivity index (χ2v) is 3.74. The zero-order chi connectivity index (χ0) is 12.7. The molecule has 0 aliphatic carbocycles. The molecule has 0 bridgehead atoms. The lowest BCUT2D eigenvalue weighted by atomic mass is 10.3. The van der Waals surface area contributed by atoms with Crippen LogP contribution >= 0.6 is 0 Å². The highest BCUT2D eigenvalue weighted by atomic mass is 19.1. The number of ether oxygens (including phenoxy) is 1. The molecule has 1 unspecified atom stereocenters. The molecule has 0 spiro atoms. The van der Waals surface area contributed by atoms with Gasteiger partial charge in [0.05, 0.1) is 6.10 Å². The average molecular weight is 240 g/mol. The van der Waals surface area contributed by atoms with E-state index in [1.807, 2.05) is 14.0 Å². The van der Waals surface area contributed by atoms with Crippen molar-refractivity contribution in [3.05, 3.63) is 30.1 Å². The van der Waals surface area contributed by atoms with Crippen LogP contribution in [0.3, 0.4) is 0 Å². The summed E-state index contributed by atoms with van der Waals surface area (Å²) in [5.74, 6) is -0.675. The first-order valence-electron chi connectivity index (χ1n) is 5.43. The van der Waals surface area contributed by atoms with Gasteiger partial charge in [-0.1, -0.05) is 6.07 Å². The zero-order valence-electron chi connectivity index (χ0n) is 10.00. The van der Waals surface area contributed by atoms with Gasteiger partial charge in [-0.2, -0.15) is 0 Å². The highest BCUT2D eigenvalue weighted by Crippen LogP contribution is 2.08. The molecular formula is C12H17FN2O2. The minimum Gasteiger partial charge on any atom is -0.367 e. The van der Waals surface area contributed by atoms with E-state index in [9.17, 15) is 9.18 Å². The van der Waals surface area contributed by atoms with Crippen molar-refractivity contribution in [2.75, 3.05) is 25.5 Å². The van der Waals surface area contributed by atoms with Crippen molar-refractivity contribution < 1.29 is 13.9 Å². The number of carbonyl (C=O) groups is 1. The molecule has 2 N–H and O–H groups in total. The SMILES string of the molecule is CNCC(C)OCC(=O)Nc1cccc(F)c1. The Hall–Kier alpha value is -1.46. The Morgan fingerprint density at radius 1 is 1.53 bits per heavy atom. The molecule has 0 heterocycles. The number of likely N-dealkylation sites (N-methyl/N-ethyl adjacent to an activating group) is 1. The molecule has 0 radical (unpaired) electrons. The van der Waals surface area contributed by atoms with Crippen LogP contribution in [0.15, 0.2) is 24.3 Å². The smallest absolute Gasteiger partial charge is 0.250 e. The zero-order valence-corrected chi connectivity index (χ0v) is 10.00. The molecule has 0 aliphatic heterocycles. The Morgan fingerprint density at radius 2 is 2.29 bits per heavy atom. The Morgan fingerprint density at radius 3 is 2.94 bits per heavy atom. The first kappa shape index (κ1) is 13.6. The summed E-state index contributed by atoms with van der Waals surface area (Å²) in [6.07, 6.45) is -0.0433. The van der Waals surface area contributed by atoms with Gasteiger partial charge >= 0.3 is 0 Å². The quantitative estimate of drug-likeness (QED) is 0.790. The summed E-state index contributed by atoms with van der Waals surface area (Å²) in [6.45, 7) is 2.50. The van der Waals surface area contributed by atoms with Gasteiger partial charge in [0.2, 0.25) is 5.91 Å². The molecule has 1 aromatic carbocycles. The number of anilines is 1. The first-order valence-corrected chi connectivity index (χ1v) is 5.43. The van der Waals surface area contributed by atoms with Gasteiger partial charge in [-0.25, -0.2) is 4.39 Å². The summed E-state index contributed by atoms with van der Waals surface area (Å²) in [5, 5.41) is 5.50. The average Bonchev–Trinajstić information content (AvgIpc) is 2.27. The molecule has 94 valence electrons. The van der Waals surface area contributed by atoms with Gasteiger partial charge < -0.3 is 15.4 Å². The normalized spacial score (nSPS) is 12.2. The lowest BCUT2D eigenvalue weighted by Gasteiger charge is -2.12. The van der Waals surface area contributed by atoms with E-state index in [1.54, 1.807) is 6.07 Å². The summed E-state index contributed by atoms with van der Waals surface area (Å²) < 4.78 is 18.1. The molecule has 1 amide bonds. The summed E-state index contributed by atoms with van der Waals surface area (Å²) in [6, 6.07) is 5.74. The van der Waals surface area contributed by atoms with Crippen LogP contribution in [0, 0.1) is 5.82 Å². The Balaban J connectivity index is 2.34. The lowest BCUT2D eigenvalue weighted by Crippen LogP contribution is -2.28. The molecule has 4 nitrogen and oxygen atoms in total. The van der Waals surface area contributed by atoms with Crippen molar-refractivity contribution in [2.45, 2.75) is 13.0 Å². The topological polar surface area (TPSA) is 50.4 Å². The predicted octanol–water partition coefficient (Wildman–Crippen LogP) is 1.39. The standard InChI is InChI=1S/C12H17FN2O2/c1-9(7-14-2)17-8-12(16)15-11-5-3-4-10(13)6-11/h3-6,9,14H,7-8H2,1-2H3,(H,15,16). The molecule has 0 saturated heterocycles. The van der Waals surface area contributed by atoms with Gasteiger partial charge in [-0.15, -0.1) is 0 Å². The van der Waals surface area contributed by atoms with Crippen molar-refractivity contribution >= 4 is 11.6 Å². The molecule has 17 heavy (non-hydrogen) atoms. The molecule has 0 fully saturated rings. The van der Waals surface area contributed by atoms with Crippen molar-refractivity contribution in [3.8, 4) is 0 Å². The molecule has 5 heteroatoms. The third-order valence-electron chi connectivity index (χ3n) is 2.10. The second-order valence-electron chi connectivity index (χ2n) is 3.74. The number of carbonyl (C=O) groups excluding carboxylic acids is 1. The number of nitrogens with one attached hydrogen (secondary N) is 2. The fourth-order valence-corrected chi connectivity index (χ4v) is 1.33. The number of halogens is 1. The van der Waals surface area contributed by atoms with Crippen LogP contribution in [0.2, 0.25) is 0 Å². The van der Waals surface area contributed by atoms with E-state index < -0.39 is 0 Å². The van der Waals surface area contributed by atoms with E-state index in [4.69, 9.17) is 4.74 Å². The highest BCUT2D eigenvalue weighted by molar-refractivity contribution is 5.91. The van der Waals surface area contributed by atoms with Crippen LogP contribution in [-0.4, -0.2) is 32.2 Å². The summed E-state index contributed by atoms with van der Waals surface area (Å²) in [4.78, 5) is 11.5. The van der Waals surface area contributed by atoms with E-state index in [-0.39, 0.29) is 24.4 Å². The van der Waals surface area contributed by atoms with Crippen LogP contribution < -0.4 is 10.6 Å². The van der Waals surface area contributed by atoms with E-state index in [0.29, 0.717) is 12.2 Å². The van der Waals surface area contributed by atoms with E-state index in [2.05, 4.69) is 10.6 Å². The fourth-order valence-electron chi connectivity index (χ4n) is 1.33. The van der Waals surface area contributed by atoms with Gasteiger partial charge in [0.25, 0.3) is 0 Å². The minimum absolute atomic E-state index is 0.0423. The van der Waals surface area contributed by atoms with Crippen LogP contribution in [-0.2, 0) is 9.53 Å². The fraction of sp³-hybridized carbons (Fsp3) is 0.417. The Bertz CT molecular complexity index is 371. The number of hydrogen-bond donors (Lipinski definition) is 2. The second kappa shape index (κ2) is 6.98. The first-order chi connectivity index (χ1) is 8.11. The van der Waals surface area contributed by atoms with Crippen LogP contribution in [0.4, 0.5) is 10.1 Å². The molecule has 1 aromatic rings. The van der Waals surface area contributed by atoms with Crippen LogP contribution in [0.1, 0.15) is 6.92 Å². The van der Waals surface area contributed by atoms with Crippen molar-refractivity contribution in [1.82, 2.24) is 5.32 Å². The molecule has 1 rings (SSSR count). The van der Waals surface area contributed by atoms with Gasteiger partial charge in [0.1, 0.15) is 12.4 Å². The van der Waals surface area contributed by atoms with Crippen molar-refractivity contribution in [1.29, 1.82) is 0 Å². The molecule has 0 saturated carbocycles. The minimum atomic E-state index is -0.382. The predicted molar refractivity (Wildman–Crippen MR) is 64.4 cm³/mol. The van der Waals surface area contributed by atoms with Gasteiger partial charge in [0, 0.05) is 12.2 Å². The third kappa shape index (κ3) is 5.42. The maximum absolute atomic E-state index is 12.8. The summed E-state index contributed by atoms with van der Waals surface area (Å²) in [7, 11) is 1.81. The molecule has 0 aromatic heterocycles. The Labute approximate surface area is 100 Å². The lowest BCUT2D eigenvalue weighted by molar-refractivity contribution is -0.122. The van der Waals surface area contributed by atoms with Gasteiger partial charge in [0.15, 0.2) is 0 Å². The van der Waals surface area contributed by atoms with Crippen molar-refractivity contribution in [3.63, 3.8) is 0 Å². The van der Waals surface area contributed by atoms with E-state index in [1.165, 1.54) is 18.2 Å². The maximum Gasteiger partial charge on any atom is 0.250 e. The summed E-state index contributed by atoms with van der Waals surface area (Å²) >= 11 is 0. The third-order valence-corrected chi connectivity index (χ3v) is 2.10. The highest BCUT2D eigenvalue weighted by Gasteiger charge is 2.06. The van der Waals surface area contributed by atoms with Crippen molar-refractivity contribution in [2.24, 2.45) is 0 Å². The van der Waals surface area contributed by atoms with Crippen LogP contribution in [0.25, 0.3) is 0 Å². The molecule has 0 aliphatic rings.